The molecule has 160 valence electrons. The van der Waals surface area contributed by atoms with Crippen LogP contribution in [0.15, 0.2) is 48.5 Å². The van der Waals surface area contributed by atoms with Crippen molar-refractivity contribution in [3.05, 3.63) is 59.9 Å². The van der Waals surface area contributed by atoms with E-state index in [4.69, 9.17) is 0 Å². The number of hydrogen-bond acceptors (Lipinski definition) is 3. The molecule has 0 aliphatic carbocycles. The van der Waals surface area contributed by atoms with Crippen LogP contribution in [-0.4, -0.2) is 17.6 Å². The van der Waals surface area contributed by atoms with Gasteiger partial charge in [0.2, 0.25) is 11.8 Å². The number of amides is 2. The lowest BCUT2D eigenvalue weighted by Crippen LogP contribution is -2.27. The molecule has 0 spiro atoms. The Hall–Kier alpha value is -2.34. The molecule has 0 aromatic heterocycles. The van der Waals surface area contributed by atoms with Gasteiger partial charge in [-0.15, -0.1) is 11.8 Å². The van der Waals surface area contributed by atoms with Crippen molar-refractivity contribution in [1.82, 2.24) is 0 Å². The second-order valence-electron chi connectivity index (χ2n) is 7.59. The maximum absolute atomic E-state index is 13.3. The van der Waals surface area contributed by atoms with Gasteiger partial charge in [-0.3, -0.25) is 14.5 Å². The van der Waals surface area contributed by atoms with Crippen molar-refractivity contribution in [2.75, 3.05) is 16.0 Å². The summed E-state index contributed by atoms with van der Waals surface area (Å²) in [5.74, 6) is 0.0587. The van der Waals surface area contributed by atoms with E-state index in [0.29, 0.717) is 17.9 Å². The Morgan fingerprint density at radius 3 is 2.60 bits per heavy atom. The number of nitrogens with one attached hydrogen (secondary N) is 1. The first-order valence-electron chi connectivity index (χ1n) is 10.7. The summed E-state index contributed by atoms with van der Waals surface area (Å²) >= 11 is 1.53. The van der Waals surface area contributed by atoms with Crippen molar-refractivity contribution < 1.29 is 14.0 Å². The highest BCUT2D eigenvalue weighted by atomic mass is 32.2. The lowest BCUT2D eigenvalue weighted by Gasteiger charge is -2.24. The van der Waals surface area contributed by atoms with E-state index in [1.807, 2.05) is 24.3 Å². The summed E-state index contributed by atoms with van der Waals surface area (Å²) in [4.78, 5) is 26.4. The molecule has 0 bridgehead atoms. The predicted octanol–water partition coefficient (Wildman–Crippen LogP) is 6.29. The first-order chi connectivity index (χ1) is 14.6. The Kier molecular flexibility index (Phi) is 8.31. The van der Waals surface area contributed by atoms with Crippen molar-refractivity contribution in [2.24, 2.45) is 0 Å². The standard InChI is InChI=1S/C24H29FN2O2S/c1-2-3-4-5-6-7-11-22(28)26-20-10-8-9-18(16-20)24-27(23(29)17-30-24)21-14-12-19(25)13-15-21/h8-10,12-16,24H,2-7,11,17H2,1H3,(H,26,28)/t24-/m0/s1. The van der Waals surface area contributed by atoms with Crippen molar-refractivity contribution in [1.29, 1.82) is 0 Å². The van der Waals surface area contributed by atoms with Gasteiger partial charge in [0.05, 0.1) is 5.75 Å². The highest BCUT2D eigenvalue weighted by Gasteiger charge is 2.34. The Balaban J connectivity index is 1.61. The number of rotatable bonds is 10. The molecule has 1 saturated heterocycles. The summed E-state index contributed by atoms with van der Waals surface area (Å²) in [7, 11) is 0. The summed E-state index contributed by atoms with van der Waals surface area (Å²) in [6.07, 6.45) is 7.41. The van der Waals surface area contributed by atoms with Crippen LogP contribution in [-0.2, 0) is 9.59 Å². The summed E-state index contributed by atoms with van der Waals surface area (Å²) in [6.45, 7) is 2.19. The maximum atomic E-state index is 13.3. The van der Waals surface area contributed by atoms with Crippen LogP contribution in [0.4, 0.5) is 15.8 Å². The Morgan fingerprint density at radius 2 is 1.83 bits per heavy atom. The molecule has 1 atom stereocenters. The van der Waals surface area contributed by atoms with Crippen LogP contribution in [0.5, 0.6) is 0 Å². The van der Waals surface area contributed by atoms with Crippen LogP contribution in [0.25, 0.3) is 0 Å². The van der Waals surface area contributed by atoms with Gasteiger partial charge in [-0.2, -0.15) is 0 Å². The van der Waals surface area contributed by atoms with Gasteiger partial charge >= 0.3 is 0 Å². The van der Waals surface area contributed by atoms with Gasteiger partial charge in [0.25, 0.3) is 0 Å². The fourth-order valence-electron chi connectivity index (χ4n) is 3.61. The second kappa shape index (κ2) is 11.2. The third-order valence-corrected chi connectivity index (χ3v) is 6.40. The Morgan fingerprint density at radius 1 is 1.10 bits per heavy atom. The monoisotopic (exact) mass is 428 g/mol. The number of carbonyl (C=O) groups excluding carboxylic acids is 2. The van der Waals surface area contributed by atoms with Gasteiger partial charge in [-0.1, -0.05) is 51.2 Å². The first-order valence-corrected chi connectivity index (χ1v) is 11.7. The third-order valence-electron chi connectivity index (χ3n) is 5.19. The van der Waals surface area contributed by atoms with Gasteiger partial charge in [-0.05, 0) is 48.4 Å². The molecular formula is C24H29FN2O2S. The summed E-state index contributed by atoms with van der Waals surface area (Å²) in [5, 5.41) is 2.78. The van der Waals surface area contributed by atoms with E-state index >= 15 is 0 Å². The molecule has 2 amide bonds. The molecule has 30 heavy (non-hydrogen) atoms. The fraction of sp³-hybridized carbons (Fsp3) is 0.417. The molecule has 0 unspecified atom stereocenters. The second-order valence-corrected chi connectivity index (χ2v) is 8.66. The molecule has 4 nitrogen and oxygen atoms in total. The molecule has 2 aromatic rings. The zero-order valence-electron chi connectivity index (χ0n) is 17.4. The number of halogens is 1. The summed E-state index contributed by atoms with van der Waals surface area (Å²) < 4.78 is 13.3. The number of carbonyl (C=O) groups is 2. The number of unbranched alkanes of at least 4 members (excludes halogenated alkanes) is 5. The number of thioether (sulfide) groups is 1. The van der Waals surface area contributed by atoms with Crippen molar-refractivity contribution in [3.8, 4) is 0 Å². The zero-order chi connectivity index (χ0) is 21.3. The molecule has 2 aromatic carbocycles. The molecule has 1 N–H and O–H groups in total. The Bertz CT molecular complexity index is 857. The zero-order valence-corrected chi connectivity index (χ0v) is 18.2. The minimum absolute atomic E-state index is 0.00544. The molecule has 1 heterocycles. The number of nitrogens with zero attached hydrogens (tertiary/aromatic N) is 1. The van der Waals surface area contributed by atoms with Crippen molar-refractivity contribution in [2.45, 2.75) is 57.2 Å². The molecule has 0 radical (unpaired) electrons. The minimum Gasteiger partial charge on any atom is -0.326 e. The molecular weight excluding hydrogens is 399 g/mol. The van der Waals surface area contributed by atoms with Gasteiger partial charge in [0.1, 0.15) is 11.2 Å². The van der Waals surface area contributed by atoms with E-state index in [-0.39, 0.29) is 23.0 Å². The first kappa shape index (κ1) is 22.3. The normalized spacial score (nSPS) is 16.1. The number of hydrogen-bond donors (Lipinski definition) is 1. The van der Waals surface area contributed by atoms with Crippen LogP contribution < -0.4 is 10.2 Å². The van der Waals surface area contributed by atoms with Crippen LogP contribution in [0.1, 0.15) is 62.8 Å². The summed E-state index contributed by atoms with van der Waals surface area (Å²) in [5.41, 5.74) is 2.35. The molecule has 1 aliphatic heterocycles. The fourth-order valence-corrected chi connectivity index (χ4v) is 4.78. The van der Waals surface area contributed by atoms with E-state index in [2.05, 4.69) is 12.2 Å². The van der Waals surface area contributed by atoms with Crippen LogP contribution >= 0.6 is 11.8 Å². The highest BCUT2D eigenvalue weighted by Crippen LogP contribution is 2.42. The molecule has 1 fully saturated rings. The minimum atomic E-state index is -0.329. The lowest BCUT2D eigenvalue weighted by molar-refractivity contribution is -0.117. The lowest BCUT2D eigenvalue weighted by atomic mass is 10.1. The van der Waals surface area contributed by atoms with E-state index in [0.717, 1.165) is 24.1 Å². The molecule has 3 rings (SSSR count). The number of anilines is 2. The SMILES string of the molecule is CCCCCCCCC(=O)Nc1cccc([C@@H]2SCC(=O)N2c2ccc(F)cc2)c1. The molecule has 1 aliphatic rings. The average molecular weight is 429 g/mol. The van der Waals surface area contributed by atoms with Gasteiger partial charge < -0.3 is 5.32 Å². The Labute approximate surface area is 182 Å². The molecule has 0 saturated carbocycles. The van der Waals surface area contributed by atoms with Crippen LogP contribution in [0.2, 0.25) is 0 Å². The quantitative estimate of drug-likeness (QED) is 0.452. The van der Waals surface area contributed by atoms with Gasteiger partial charge in [0, 0.05) is 17.8 Å². The van der Waals surface area contributed by atoms with E-state index in [1.54, 1.807) is 17.0 Å². The van der Waals surface area contributed by atoms with Crippen molar-refractivity contribution in [3.63, 3.8) is 0 Å². The highest BCUT2D eigenvalue weighted by molar-refractivity contribution is 8.00. The number of benzene rings is 2. The molecule has 6 heteroatoms. The van der Waals surface area contributed by atoms with E-state index in [1.165, 1.54) is 49.6 Å². The maximum Gasteiger partial charge on any atom is 0.238 e. The third kappa shape index (κ3) is 6.08. The van der Waals surface area contributed by atoms with E-state index < -0.39 is 0 Å². The predicted molar refractivity (Wildman–Crippen MR) is 122 cm³/mol. The average Bonchev–Trinajstić information content (AvgIpc) is 3.13. The topological polar surface area (TPSA) is 49.4 Å². The van der Waals surface area contributed by atoms with Gasteiger partial charge in [-0.25, -0.2) is 4.39 Å². The van der Waals surface area contributed by atoms with Crippen LogP contribution in [0.3, 0.4) is 0 Å². The summed E-state index contributed by atoms with van der Waals surface area (Å²) in [6, 6.07) is 13.6. The van der Waals surface area contributed by atoms with Gasteiger partial charge in [0.15, 0.2) is 0 Å². The smallest absolute Gasteiger partial charge is 0.238 e. The van der Waals surface area contributed by atoms with Crippen molar-refractivity contribution >= 4 is 35.0 Å². The van der Waals surface area contributed by atoms with E-state index in [9.17, 15) is 14.0 Å². The largest absolute Gasteiger partial charge is 0.326 e. The van der Waals surface area contributed by atoms with Crippen LogP contribution in [0, 0.1) is 5.82 Å².